The summed E-state index contributed by atoms with van der Waals surface area (Å²) in [6.45, 7) is 4.96. The predicted octanol–water partition coefficient (Wildman–Crippen LogP) is 2.17. The normalized spacial score (nSPS) is 29.7. The van der Waals surface area contributed by atoms with Crippen molar-refractivity contribution in [1.29, 1.82) is 0 Å². The molecular formula is C30H36F3N3O8. The monoisotopic (exact) mass is 623 g/mol. The number of aliphatic hydroxyl groups is 3. The number of allylic oxidation sites excluding steroid dienone is 1. The Bertz CT molecular complexity index is 1500. The SMILES string of the molecule is CC(C)CN1CCOCC1c1cc(O)c2c(c1C(F)(F)F)C[C@H]1C[C@H]3[C@H](N(C)C)C(O)=C(C(N)=O)C(=O)[C@@]3(O)C(O)=C1C2=O. The van der Waals surface area contributed by atoms with Crippen molar-refractivity contribution in [3.05, 3.63) is 51.0 Å². The van der Waals surface area contributed by atoms with Gasteiger partial charge < -0.3 is 30.9 Å². The van der Waals surface area contributed by atoms with Gasteiger partial charge in [-0.1, -0.05) is 13.8 Å². The van der Waals surface area contributed by atoms with Crippen molar-refractivity contribution in [3.8, 4) is 5.75 Å². The quantitative estimate of drug-likeness (QED) is 0.306. The minimum atomic E-state index is -4.95. The maximum atomic E-state index is 15.0. The first-order valence-corrected chi connectivity index (χ1v) is 14.3. The van der Waals surface area contributed by atoms with Gasteiger partial charge in [-0.3, -0.25) is 24.2 Å². The van der Waals surface area contributed by atoms with Crippen LogP contribution in [0.1, 0.15) is 53.4 Å². The molecule has 1 aliphatic heterocycles. The molecule has 44 heavy (non-hydrogen) atoms. The number of aliphatic hydroxyl groups excluding tert-OH is 2. The fourth-order valence-corrected chi connectivity index (χ4v) is 7.56. The molecule has 0 spiro atoms. The number of phenols is 1. The summed E-state index contributed by atoms with van der Waals surface area (Å²) in [6.07, 6.45) is -5.74. The van der Waals surface area contributed by atoms with Gasteiger partial charge in [-0.2, -0.15) is 13.2 Å². The second kappa shape index (κ2) is 10.9. The van der Waals surface area contributed by atoms with Crippen LogP contribution >= 0.6 is 0 Å². The molecule has 0 radical (unpaired) electrons. The number of benzene rings is 1. The van der Waals surface area contributed by atoms with E-state index < -0.39 is 105 Å². The lowest BCUT2D eigenvalue weighted by Gasteiger charge is -2.50. The molecule has 1 fully saturated rings. The highest BCUT2D eigenvalue weighted by Crippen LogP contribution is 2.54. The van der Waals surface area contributed by atoms with Gasteiger partial charge in [-0.25, -0.2) is 0 Å². The molecule has 1 aromatic carbocycles. The van der Waals surface area contributed by atoms with Crippen molar-refractivity contribution in [2.45, 2.75) is 50.6 Å². The third kappa shape index (κ3) is 4.70. The summed E-state index contributed by atoms with van der Waals surface area (Å²) in [7, 11) is 2.93. The van der Waals surface area contributed by atoms with Gasteiger partial charge in [-0.05, 0) is 56.0 Å². The van der Waals surface area contributed by atoms with E-state index in [9.17, 15) is 48.0 Å². The Labute approximate surface area is 251 Å². The van der Waals surface area contributed by atoms with E-state index in [0.29, 0.717) is 19.7 Å². The Morgan fingerprint density at radius 1 is 1.23 bits per heavy atom. The number of nitrogens with two attached hydrogens (primary N) is 1. The van der Waals surface area contributed by atoms with Crippen molar-refractivity contribution in [2.24, 2.45) is 23.5 Å². The molecule has 5 rings (SSSR count). The molecule has 1 unspecified atom stereocenters. The van der Waals surface area contributed by atoms with Gasteiger partial charge in [0.2, 0.25) is 5.78 Å². The van der Waals surface area contributed by atoms with Crippen LogP contribution in [0.3, 0.4) is 0 Å². The number of alkyl halides is 3. The molecule has 14 heteroatoms. The van der Waals surface area contributed by atoms with Crippen molar-refractivity contribution < 1.29 is 52.7 Å². The van der Waals surface area contributed by atoms with Gasteiger partial charge in [0.15, 0.2) is 11.4 Å². The molecule has 3 aliphatic carbocycles. The predicted molar refractivity (Wildman–Crippen MR) is 149 cm³/mol. The largest absolute Gasteiger partial charge is 0.510 e. The molecule has 4 aliphatic rings. The number of carbonyl (C=O) groups excluding carboxylic acids is 3. The molecule has 0 aromatic heterocycles. The van der Waals surface area contributed by atoms with E-state index in [0.717, 1.165) is 6.07 Å². The summed E-state index contributed by atoms with van der Waals surface area (Å²) < 4.78 is 50.5. The Balaban J connectivity index is 1.72. The zero-order valence-electron chi connectivity index (χ0n) is 24.7. The lowest BCUT2D eigenvalue weighted by Crippen LogP contribution is -2.63. The van der Waals surface area contributed by atoms with Gasteiger partial charge in [0.25, 0.3) is 5.91 Å². The third-order valence-corrected chi connectivity index (χ3v) is 9.24. The number of fused-ring (bicyclic) bond motifs is 3. The number of rotatable bonds is 5. The summed E-state index contributed by atoms with van der Waals surface area (Å²) in [6, 6.07) is -1.21. The van der Waals surface area contributed by atoms with Crippen LogP contribution in [0.25, 0.3) is 0 Å². The highest BCUT2D eigenvalue weighted by Gasteiger charge is 2.63. The molecule has 5 atom stereocenters. The summed E-state index contributed by atoms with van der Waals surface area (Å²) in [5.74, 6) is -8.99. The molecule has 240 valence electrons. The van der Waals surface area contributed by atoms with Crippen molar-refractivity contribution in [3.63, 3.8) is 0 Å². The number of primary amides is 1. The number of amides is 1. The molecular weight excluding hydrogens is 587 g/mol. The van der Waals surface area contributed by atoms with Gasteiger partial charge in [-0.15, -0.1) is 0 Å². The van der Waals surface area contributed by atoms with Crippen LogP contribution in [0.2, 0.25) is 0 Å². The van der Waals surface area contributed by atoms with Crippen LogP contribution in [0, 0.1) is 17.8 Å². The maximum absolute atomic E-state index is 15.0. The lowest BCUT2D eigenvalue weighted by atomic mass is 9.58. The van der Waals surface area contributed by atoms with E-state index >= 15 is 0 Å². The molecule has 1 heterocycles. The number of ketones is 2. The number of Topliss-reactive ketones (excluding diaryl/α,β-unsaturated/α-hetero) is 2. The van der Waals surface area contributed by atoms with Crippen LogP contribution in [-0.4, -0.2) is 99.7 Å². The Morgan fingerprint density at radius 3 is 2.45 bits per heavy atom. The smallest absolute Gasteiger partial charge is 0.417 e. The number of phenolic OH excluding ortho intramolecular Hbond substituents is 1. The van der Waals surface area contributed by atoms with E-state index in [1.807, 2.05) is 18.7 Å². The second-order valence-electron chi connectivity index (χ2n) is 12.7. The van der Waals surface area contributed by atoms with Crippen molar-refractivity contribution in [1.82, 2.24) is 9.80 Å². The molecule has 6 N–H and O–H groups in total. The molecule has 1 amide bonds. The molecule has 11 nitrogen and oxygen atoms in total. The van der Waals surface area contributed by atoms with E-state index in [4.69, 9.17) is 10.5 Å². The summed E-state index contributed by atoms with van der Waals surface area (Å²) in [4.78, 5) is 42.7. The zero-order chi connectivity index (χ0) is 32.6. The average Bonchev–Trinajstić information content (AvgIpc) is 2.89. The molecule has 0 saturated carbocycles. The number of likely N-dealkylation sites (N-methyl/N-ethyl adjacent to an activating group) is 1. The number of hydrogen-bond acceptors (Lipinski definition) is 10. The van der Waals surface area contributed by atoms with Gasteiger partial charge >= 0.3 is 6.18 Å². The topological polar surface area (TPSA) is 174 Å². The molecule has 0 bridgehead atoms. The summed E-state index contributed by atoms with van der Waals surface area (Å²) in [5, 5.41) is 45.1. The molecule has 1 saturated heterocycles. The van der Waals surface area contributed by atoms with E-state index in [1.54, 1.807) is 0 Å². The van der Waals surface area contributed by atoms with Crippen molar-refractivity contribution >= 4 is 17.5 Å². The lowest BCUT2D eigenvalue weighted by molar-refractivity contribution is -0.148. The van der Waals surface area contributed by atoms with Gasteiger partial charge in [0, 0.05) is 24.6 Å². The van der Waals surface area contributed by atoms with Gasteiger partial charge in [0.05, 0.1) is 36.4 Å². The summed E-state index contributed by atoms with van der Waals surface area (Å²) >= 11 is 0. The van der Waals surface area contributed by atoms with Crippen LogP contribution in [-0.2, 0) is 26.9 Å². The number of carbonyl (C=O) groups is 3. The summed E-state index contributed by atoms with van der Waals surface area (Å²) in [5.41, 5.74) is -1.51. The van der Waals surface area contributed by atoms with Gasteiger partial charge in [0.1, 0.15) is 22.8 Å². The van der Waals surface area contributed by atoms with E-state index in [-0.39, 0.29) is 24.5 Å². The number of morpholine rings is 1. The standard InChI is InChI=1S/C30H36F3N3O8/c1-12(2)10-36-5-6-44-11-17(36)14-9-18(37)20-15(22(14)30(31,32)33)7-13-8-16-23(35(3)4)25(39)21(28(34)42)27(41)29(16,43)26(40)19(13)24(20)38/h9,12-13,16-17,23,37,39-40,43H,5-8,10-11H2,1-4H3,(H2,34,42)/t13-,16-,17?,23-,29-/m0/s1. The second-order valence-corrected chi connectivity index (χ2v) is 12.7. The highest BCUT2D eigenvalue weighted by atomic mass is 19.4. The first kappa shape index (κ1) is 31.9. The first-order chi connectivity index (χ1) is 20.4. The highest BCUT2D eigenvalue weighted by molar-refractivity contribution is 6.24. The van der Waals surface area contributed by atoms with Crippen LogP contribution in [0.4, 0.5) is 13.2 Å². The average molecular weight is 624 g/mol. The first-order valence-electron chi connectivity index (χ1n) is 14.3. The number of ether oxygens (including phenoxy) is 1. The van der Waals surface area contributed by atoms with Crippen LogP contribution < -0.4 is 5.73 Å². The van der Waals surface area contributed by atoms with Crippen molar-refractivity contribution in [2.75, 3.05) is 40.4 Å². The third-order valence-electron chi connectivity index (χ3n) is 9.24. The fourth-order valence-electron chi connectivity index (χ4n) is 7.56. The zero-order valence-corrected chi connectivity index (χ0v) is 24.7. The Hall–Kier alpha value is -3.46. The Kier molecular flexibility index (Phi) is 7.89. The number of aromatic hydroxyl groups is 1. The minimum absolute atomic E-state index is 0.0626. The molecule has 1 aromatic rings. The van der Waals surface area contributed by atoms with Crippen LogP contribution in [0.15, 0.2) is 28.7 Å². The number of halogens is 3. The van der Waals surface area contributed by atoms with E-state index in [1.165, 1.54) is 19.0 Å². The fraction of sp³-hybridized carbons (Fsp3) is 0.567. The maximum Gasteiger partial charge on any atom is 0.417 e. The Morgan fingerprint density at radius 2 is 1.89 bits per heavy atom. The minimum Gasteiger partial charge on any atom is -0.510 e. The van der Waals surface area contributed by atoms with E-state index in [2.05, 4.69) is 0 Å². The number of nitrogens with zero attached hydrogens (tertiary/aromatic N) is 2. The van der Waals surface area contributed by atoms with Crippen LogP contribution in [0.5, 0.6) is 5.75 Å². The number of hydrogen-bond donors (Lipinski definition) is 5.